The first kappa shape index (κ1) is 61.4. The van der Waals surface area contributed by atoms with Crippen LogP contribution in [0.5, 0.6) is 0 Å². The summed E-state index contributed by atoms with van der Waals surface area (Å²) in [6.45, 7) is 0. The Kier molecular flexibility index (Phi) is 15.4. The minimum Gasteiger partial charge on any atom is -0.311 e. The van der Waals surface area contributed by atoms with Gasteiger partial charge < -0.3 is 24.2 Å². The topological polar surface area (TPSA) is 17.9 Å². The van der Waals surface area contributed by atoms with E-state index >= 15 is 0 Å². The van der Waals surface area contributed by atoms with Gasteiger partial charge in [0.15, 0.2) is 0 Å². The lowest BCUT2D eigenvalue weighted by Gasteiger charge is -2.42. The molecule has 2 heterocycles. The molecule has 0 unspecified atom stereocenters. The second-order valence-corrected chi connectivity index (χ2v) is 26.8. The van der Waals surface area contributed by atoms with Crippen molar-refractivity contribution in [3.63, 3.8) is 0 Å². The van der Waals surface area contributed by atoms with Gasteiger partial charge in [0, 0.05) is 78.4 Å². The van der Waals surface area contributed by atoms with Crippen LogP contribution in [0.2, 0.25) is 0 Å². The zero-order valence-corrected chi connectivity index (χ0v) is 57.1. The monoisotopic (exact) mass is 1330 g/mol. The molecule has 490 valence electrons. The minimum atomic E-state index is -0.702. The fourth-order valence-corrected chi connectivity index (χ4v) is 16.3. The lowest BCUT2D eigenvalue weighted by atomic mass is 9.63. The first-order valence-electron chi connectivity index (χ1n) is 35.7. The molecule has 0 radical (unpaired) electrons. The lowest BCUT2D eigenvalue weighted by Crippen LogP contribution is -2.35. The van der Waals surface area contributed by atoms with Crippen molar-refractivity contribution in [2.75, 3.05) is 19.6 Å². The number of nitrogens with zero attached hydrogens (tertiary/aromatic N) is 5. The van der Waals surface area contributed by atoms with Crippen molar-refractivity contribution in [1.82, 2.24) is 4.57 Å². The maximum Gasteiger partial charge on any atom is 0.0742 e. The summed E-state index contributed by atoms with van der Waals surface area (Å²) in [5, 5.41) is 7.23. The Hall–Kier alpha value is -13.7. The summed E-state index contributed by atoms with van der Waals surface area (Å²) in [6, 6.07) is 153. The Morgan fingerprint density at radius 3 is 0.904 bits per heavy atom. The van der Waals surface area contributed by atoms with Crippen LogP contribution in [-0.2, 0) is 5.41 Å². The van der Waals surface area contributed by atoms with Gasteiger partial charge in [0.05, 0.1) is 33.5 Å². The van der Waals surface area contributed by atoms with Crippen LogP contribution in [0.4, 0.5) is 68.2 Å². The molecule has 0 N–H and O–H groups in total. The van der Waals surface area contributed by atoms with Gasteiger partial charge in [-0.2, -0.15) is 0 Å². The van der Waals surface area contributed by atoms with Crippen LogP contribution in [0.3, 0.4) is 0 Å². The molecule has 0 spiro atoms. The second kappa shape index (κ2) is 26.1. The first-order chi connectivity index (χ1) is 51.6. The fourth-order valence-electron chi connectivity index (χ4n) is 16.3. The van der Waals surface area contributed by atoms with Crippen molar-refractivity contribution in [2.45, 2.75) is 5.41 Å². The molecular weight excluding hydrogens is 1260 g/mol. The molecule has 1 aromatic heterocycles. The zero-order chi connectivity index (χ0) is 68.9. The van der Waals surface area contributed by atoms with E-state index in [1.165, 1.54) is 71.3 Å². The molecule has 0 saturated heterocycles. The third kappa shape index (κ3) is 10.6. The number of anilines is 12. The van der Waals surface area contributed by atoms with Gasteiger partial charge in [0.1, 0.15) is 0 Å². The van der Waals surface area contributed by atoms with Gasteiger partial charge >= 0.3 is 0 Å². The summed E-state index contributed by atoms with van der Waals surface area (Å²) < 4.78 is 2.51. The van der Waals surface area contributed by atoms with Crippen LogP contribution >= 0.6 is 0 Å². The molecule has 0 saturated carbocycles. The highest BCUT2D eigenvalue weighted by Gasteiger charge is 2.45. The summed E-state index contributed by atoms with van der Waals surface area (Å²) in [5.74, 6) is 0. The first-order valence-corrected chi connectivity index (χ1v) is 35.7. The highest BCUT2D eigenvalue weighted by atomic mass is 15.2. The van der Waals surface area contributed by atoms with Crippen LogP contribution in [0.1, 0.15) is 22.3 Å². The Labute approximate surface area is 606 Å². The molecule has 5 heteroatoms. The van der Waals surface area contributed by atoms with Crippen molar-refractivity contribution in [3.8, 4) is 27.9 Å². The number of aromatic nitrogens is 1. The molecule has 1 aliphatic rings. The maximum atomic E-state index is 2.51. The predicted molar refractivity (Wildman–Crippen MR) is 437 cm³/mol. The molecule has 0 amide bonds. The van der Waals surface area contributed by atoms with Crippen molar-refractivity contribution in [3.05, 3.63) is 441 Å². The van der Waals surface area contributed by atoms with E-state index in [2.05, 4.69) is 443 Å². The SMILES string of the molecule is c1ccc(N(c2ccccc2)c2ccc(N(c3ccc(-c4ccc(C5(c6ccc(-c7ccc(N(c8ccc(N(c9ccccc9)c9ccccc9)cc8)c8cccc9ccccc89)cc7)cc6)c6ccccc6-n6c7ccccc7c7cccc5c76)cc4)cc3)c3cccc4ccccc34)cc2)cc1. The van der Waals surface area contributed by atoms with Crippen molar-refractivity contribution in [2.24, 2.45) is 0 Å². The molecule has 18 aromatic rings. The summed E-state index contributed by atoms with van der Waals surface area (Å²) in [7, 11) is 0. The molecule has 0 bridgehead atoms. The lowest BCUT2D eigenvalue weighted by molar-refractivity contribution is 0.728. The molecule has 17 aromatic carbocycles. The molecule has 104 heavy (non-hydrogen) atoms. The average molecular weight is 1330 g/mol. The van der Waals surface area contributed by atoms with E-state index in [1.807, 2.05) is 0 Å². The van der Waals surface area contributed by atoms with Gasteiger partial charge in [-0.05, 0) is 201 Å². The molecule has 0 fully saturated rings. The quantitative estimate of drug-likeness (QED) is 0.0959. The number of hydrogen-bond acceptors (Lipinski definition) is 4. The van der Waals surface area contributed by atoms with Crippen molar-refractivity contribution >= 4 is 112 Å². The smallest absolute Gasteiger partial charge is 0.0742 e. The number of benzene rings is 17. The van der Waals surface area contributed by atoms with Gasteiger partial charge in [0.25, 0.3) is 0 Å². The summed E-state index contributed by atoms with van der Waals surface area (Å²) >= 11 is 0. The van der Waals surface area contributed by atoms with E-state index in [-0.39, 0.29) is 0 Å². The van der Waals surface area contributed by atoms with E-state index < -0.39 is 5.41 Å². The largest absolute Gasteiger partial charge is 0.311 e. The van der Waals surface area contributed by atoms with Crippen molar-refractivity contribution in [1.29, 1.82) is 0 Å². The molecule has 0 aliphatic carbocycles. The van der Waals surface area contributed by atoms with Crippen LogP contribution in [0.15, 0.2) is 419 Å². The molecule has 0 atom stereocenters. The van der Waals surface area contributed by atoms with Gasteiger partial charge in [-0.1, -0.05) is 273 Å². The highest BCUT2D eigenvalue weighted by molar-refractivity contribution is 6.12. The van der Waals surface area contributed by atoms with Gasteiger partial charge in [-0.15, -0.1) is 0 Å². The molecule has 1 aliphatic heterocycles. The van der Waals surface area contributed by atoms with Gasteiger partial charge in [-0.3, -0.25) is 0 Å². The van der Waals surface area contributed by atoms with E-state index in [0.29, 0.717) is 0 Å². The number of para-hydroxylation sites is 7. The van der Waals surface area contributed by atoms with E-state index in [9.17, 15) is 0 Å². The van der Waals surface area contributed by atoms with Crippen LogP contribution in [-0.4, -0.2) is 4.57 Å². The van der Waals surface area contributed by atoms with Crippen LogP contribution in [0, 0.1) is 0 Å². The standard InChI is InChI=1S/C99H69N5/c1-5-28-78(29-6-1)100(79-30-7-2-8-31-79)82-62-66-86(67-63-82)102(94-44-21-26-74-24-13-15-36-88(74)94)84-58-50-72(51-59-84)70-46-54-76(55-47-70)99(92-40-18-20-43-97(92)104-96-42-19-17-38-90(96)91-39-23-41-93(99)98(91)104)77-56-48-71(49-57-77)73-52-60-85(61-53-73)103(95-45-22-27-75-25-14-16-37-89(75)95)87-68-64-83(65-69-87)101(80-32-9-3-10-33-80)81-34-11-4-12-35-81/h1-69H. The average Bonchev–Trinajstić information content (AvgIpc) is 1.38. The molecular formula is C99H69N5. The second-order valence-electron chi connectivity index (χ2n) is 26.8. The molecule has 5 nitrogen and oxygen atoms in total. The number of hydrogen-bond donors (Lipinski definition) is 0. The normalized spacial score (nSPS) is 12.1. The van der Waals surface area contributed by atoms with Crippen LogP contribution in [0.25, 0.3) is 71.3 Å². The molecule has 19 rings (SSSR count). The Morgan fingerprint density at radius 1 is 0.192 bits per heavy atom. The fraction of sp³-hybridized carbons (Fsp3) is 0.0101. The number of fused-ring (bicyclic) bond motifs is 7. The highest BCUT2D eigenvalue weighted by Crippen LogP contribution is 2.55. The summed E-state index contributed by atoms with van der Waals surface area (Å²) in [6.07, 6.45) is 0. The van der Waals surface area contributed by atoms with Gasteiger partial charge in [-0.25, -0.2) is 0 Å². The summed E-state index contributed by atoms with van der Waals surface area (Å²) in [5.41, 5.74) is 25.4. The third-order valence-corrected chi connectivity index (χ3v) is 21.0. The maximum absolute atomic E-state index is 2.51. The van der Waals surface area contributed by atoms with E-state index in [4.69, 9.17) is 0 Å². The Balaban J connectivity index is 0.689. The Bertz CT molecular complexity index is 5730. The number of rotatable bonds is 16. The minimum absolute atomic E-state index is 0.702. The third-order valence-electron chi connectivity index (χ3n) is 21.0. The van der Waals surface area contributed by atoms with Gasteiger partial charge in [0.2, 0.25) is 0 Å². The van der Waals surface area contributed by atoms with Crippen LogP contribution < -0.4 is 19.6 Å². The van der Waals surface area contributed by atoms with Crippen molar-refractivity contribution < 1.29 is 0 Å². The van der Waals surface area contributed by atoms with E-state index in [1.54, 1.807) is 0 Å². The van der Waals surface area contributed by atoms with E-state index in [0.717, 1.165) is 90.5 Å². The predicted octanol–water partition coefficient (Wildman–Crippen LogP) is 27.0. The Morgan fingerprint density at radius 2 is 0.481 bits per heavy atom. The zero-order valence-electron chi connectivity index (χ0n) is 57.1. The summed E-state index contributed by atoms with van der Waals surface area (Å²) in [4.78, 5) is 9.42.